The summed E-state index contributed by atoms with van der Waals surface area (Å²) in [6.45, 7) is 7.81. The third-order valence-electron chi connectivity index (χ3n) is 2.56. The second-order valence-electron chi connectivity index (χ2n) is 6.11. The van der Waals surface area contributed by atoms with Crippen LogP contribution in [0, 0.1) is 0 Å². The fourth-order valence-corrected chi connectivity index (χ4v) is 2.01. The molecular formula is C14H25NO9S. The molecule has 0 saturated carbocycles. The molecule has 0 heterocycles. The van der Waals surface area contributed by atoms with E-state index in [1.165, 1.54) is 6.92 Å². The van der Waals surface area contributed by atoms with E-state index in [9.17, 15) is 22.8 Å². The molecule has 0 aliphatic heterocycles. The van der Waals surface area contributed by atoms with Gasteiger partial charge in [-0.2, -0.15) is 8.42 Å². The van der Waals surface area contributed by atoms with Crippen LogP contribution in [0.3, 0.4) is 0 Å². The molecule has 0 aliphatic rings. The molecule has 2 atom stereocenters. The van der Waals surface area contributed by atoms with Gasteiger partial charge in [0.05, 0.1) is 18.8 Å². The summed E-state index contributed by atoms with van der Waals surface area (Å²) in [7, 11) is -4.32. The van der Waals surface area contributed by atoms with Crippen LogP contribution in [0.2, 0.25) is 0 Å². The van der Waals surface area contributed by atoms with Crippen molar-refractivity contribution in [3.63, 3.8) is 0 Å². The quantitative estimate of drug-likeness (QED) is 0.350. The van der Waals surface area contributed by atoms with Crippen molar-refractivity contribution in [1.82, 2.24) is 5.32 Å². The number of carbonyl (C=O) groups is 3. The van der Waals surface area contributed by atoms with Crippen molar-refractivity contribution < 1.29 is 41.6 Å². The number of amides is 1. The van der Waals surface area contributed by atoms with Crippen LogP contribution in [0.15, 0.2) is 0 Å². The summed E-state index contributed by atoms with van der Waals surface area (Å²) in [6, 6.07) is -1.34. The van der Waals surface area contributed by atoms with Gasteiger partial charge >= 0.3 is 18.0 Å². The topological polar surface area (TPSA) is 145 Å². The Kier molecular flexibility index (Phi) is 8.84. The molecule has 1 amide bonds. The van der Waals surface area contributed by atoms with E-state index in [0.717, 1.165) is 0 Å². The molecule has 0 spiro atoms. The lowest BCUT2D eigenvalue weighted by Crippen LogP contribution is -2.51. The zero-order valence-electron chi connectivity index (χ0n) is 14.9. The van der Waals surface area contributed by atoms with Gasteiger partial charge in [-0.05, 0) is 34.6 Å². The van der Waals surface area contributed by atoms with Gasteiger partial charge in [0.1, 0.15) is 11.7 Å². The van der Waals surface area contributed by atoms with E-state index in [2.05, 4.69) is 5.32 Å². The standard InChI is InChI=1S/C14H25NO9S/c1-6-22-12(17)11(15-13(18)24-14(3,4)5)9(2)23-10(16)7-8-25(19,20)21/h9,11H,6-8H2,1-5H3,(H,15,18)(H,19,20,21). The number of carbonyl (C=O) groups excluding carboxylic acids is 3. The Balaban J connectivity index is 4.93. The third-order valence-corrected chi connectivity index (χ3v) is 3.28. The monoisotopic (exact) mass is 383 g/mol. The molecule has 2 unspecified atom stereocenters. The summed E-state index contributed by atoms with van der Waals surface area (Å²) < 4.78 is 44.6. The minimum Gasteiger partial charge on any atom is -0.464 e. The molecule has 0 saturated heterocycles. The number of rotatable bonds is 8. The highest BCUT2D eigenvalue weighted by atomic mass is 32.2. The first-order valence-electron chi connectivity index (χ1n) is 7.56. The van der Waals surface area contributed by atoms with Crippen LogP contribution in [-0.2, 0) is 33.9 Å². The molecule has 11 heteroatoms. The van der Waals surface area contributed by atoms with E-state index in [1.54, 1.807) is 27.7 Å². The van der Waals surface area contributed by atoms with Gasteiger partial charge in [-0.1, -0.05) is 0 Å². The molecule has 2 N–H and O–H groups in total. The van der Waals surface area contributed by atoms with Gasteiger partial charge in [-0.25, -0.2) is 9.59 Å². The number of ether oxygens (including phenoxy) is 3. The molecule has 25 heavy (non-hydrogen) atoms. The van der Waals surface area contributed by atoms with Crippen molar-refractivity contribution in [1.29, 1.82) is 0 Å². The fourth-order valence-electron chi connectivity index (χ4n) is 1.58. The number of hydrogen-bond donors (Lipinski definition) is 2. The van der Waals surface area contributed by atoms with Crippen LogP contribution in [0.25, 0.3) is 0 Å². The Bertz CT molecular complexity index is 580. The maximum Gasteiger partial charge on any atom is 0.408 e. The first kappa shape index (κ1) is 23.1. The average Bonchev–Trinajstić information content (AvgIpc) is 2.40. The number of alkyl carbamates (subject to hydrolysis) is 1. The summed E-state index contributed by atoms with van der Waals surface area (Å²) >= 11 is 0. The second-order valence-corrected chi connectivity index (χ2v) is 7.68. The lowest BCUT2D eigenvalue weighted by atomic mass is 10.2. The van der Waals surface area contributed by atoms with Crippen molar-refractivity contribution >= 4 is 28.1 Å². The van der Waals surface area contributed by atoms with Gasteiger partial charge in [0.2, 0.25) is 0 Å². The largest absolute Gasteiger partial charge is 0.464 e. The molecule has 10 nitrogen and oxygen atoms in total. The Labute approximate surface area is 146 Å². The molecule has 0 bridgehead atoms. The van der Waals surface area contributed by atoms with Crippen LogP contribution in [0.1, 0.15) is 41.0 Å². The number of hydrogen-bond acceptors (Lipinski definition) is 8. The van der Waals surface area contributed by atoms with E-state index in [1.807, 2.05) is 0 Å². The highest BCUT2D eigenvalue weighted by Gasteiger charge is 2.32. The van der Waals surface area contributed by atoms with Crippen molar-refractivity contribution in [3.05, 3.63) is 0 Å². The maximum absolute atomic E-state index is 12.0. The molecule has 0 aromatic heterocycles. The summed E-state index contributed by atoms with van der Waals surface area (Å²) in [5.74, 6) is -2.63. The van der Waals surface area contributed by atoms with Crippen molar-refractivity contribution in [2.24, 2.45) is 0 Å². The summed E-state index contributed by atoms with van der Waals surface area (Å²) in [5, 5.41) is 2.26. The summed E-state index contributed by atoms with van der Waals surface area (Å²) in [5.41, 5.74) is -0.807. The Morgan fingerprint density at radius 2 is 1.76 bits per heavy atom. The Morgan fingerprint density at radius 3 is 2.20 bits per heavy atom. The van der Waals surface area contributed by atoms with E-state index in [4.69, 9.17) is 18.8 Å². The molecule has 0 rings (SSSR count). The smallest absolute Gasteiger partial charge is 0.408 e. The second kappa shape index (κ2) is 9.56. The molecule has 0 aromatic carbocycles. The lowest BCUT2D eigenvalue weighted by molar-refractivity contribution is -0.157. The highest BCUT2D eigenvalue weighted by molar-refractivity contribution is 7.85. The number of nitrogens with one attached hydrogen (secondary N) is 1. The van der Waals surface area contributed by atoms with Crippen molar-refractivity contribution in [2.45, 2.75) is 58.8 Å². The van der Waals surface area contributed by atoms with Crippen LogP contribution in [-0.4, -0.2) is 61.1 Å². The molecule has 0 aromatic rings. The summed E-state index contributed by atoms with van der Waals surface area (Å²) in [4.78, 5) is 35.4. The molecule has 146 valence electrons. The summed E-state index contributed by atoms with van der Waals surface area (Å²) in [6.07, 6.45) is -2.67. The third kappa shape index (κ3) is 11.3. The predicted octanol–water partition coefficient (Wildman–Crippen LogP) is 0.652. The van der Waals surface area contributed by atoms with Gasteiger partial charge in [-0.3, -0.25) is 9.35 Å². The van der Waals surface area contributed by atoms with E-state index >= 15 is 0 Å². The lowest BCUT2D eigenvalue weighted by Gasteiger charge is -2.26. The van der Waals surface area contributed by atoms with Crippen molar-refractivity contribution in [3.8, 4) is 0 Å². The number of esters is 2. The average molecular weight is 383 g/mol. The van der Waals surface area contributed by atoms with E-state index in [0.29, 0.717) is 0 Å². The highest BCUT2D eigenvalue weighted by Crippen LogP contribution is 2.09. The maximum atomic E-state index is 12.0. The van der Waals surface area contributed by atoms with Gasteiger partial charge < -0.3 is 19.5 Å². The van der Waals surface area contributed by atoms with Gasteiger partial charge in [-0.15, -0.1) is 0 Å². The zero-order valence-corrected chi connectivity index (χ0v) is 15.7. The molecule has 0 aliphatic carbocycles. The van der Waals surface area contributed by atoms with Crippen molar-refractivity contribution in [2.75, 3.05) is 12.4 Å². The zero-order chi connectivity index (χ0) is 19.8. The Morgan fingerprint density at radius 1 is 1.20 bits per heavy atom. The SMILES string of the molecule is CCOC(=O)C(NC(=O)OC(C)(C)C)C(C)OC(=O)CCS(=O)(=O)O. The van der Waals surface area contributed by atoms with Crippen LogP contribution in [0.4, 0.5) is 4.79 Å². The first-order valence-corrected chi connectivity index (χ1v) is 9.17. The van der Waals surface area contributed by atoms with Crippen LogP contribution < -0.4 is 5.32 Å². The van der Waals surface area contributed by atoms with Gasteiger partial charge in [0, 0.05) is 0 Å². The van der Waals surface area contributed by atoms with E-state index in [-0.39, 0.29) is 6.61 Å². The van der Waals surface area contributed by atoms with Gasteiger partial charge in [0.25, 0.3) is 10.1 Å². The normalized spacial score (nSPS) is 14.2. The minimum absolute atomic E-state index is 0.0365. The van der Waals surface area contributed by atoms with Crippen LogP contribution in [0.5, 0.6) is 0 Å². The first-order chi connectivity index (χ1) is 11.2. The molecular weight excluding hydrogens is 358 g/mol. The minimum atomic E-state index is -4.32. The molecule has 0 fully saturated rings. The predicted molar refractivity (Wildman–Crippen MR) is 86.4 cm³/mol. The molecule has 0 radical (unpaired) electrons. The van der Waals surface area contributed by atoms with Gasteiger partial charge in [0.15, 0.2) is 6.04 Å². The Hall–Kier alpha value is -1.88. The van der Waals surface area contributed by atoms with Crippen LogP contribution >= 0.6 is 0 Å². The van der Waals surface area contributed by atoms with E-state index < -0.39 is 58.1 Å². The fraction of sp³-hybridized carbons (Fsp3) is 0.786.